The van der Waals surface area contributed by atoms with Crippen LogP contribution in [0.4, 0.5) is 22.0 Å². The van der Waals surface area contributed by atoms with E-state index in [0.717, 1.165) is 43.1 Å². The number of rotatable bonds is 6. The topological polar surface area (TPSA) is 33.3 Å². The van der Waals surface area contributed by atoms with E-state index in [0.29, 0.717) is 0 Å². The first-order valence-electron chi connectivity index (χ1n) is 9.37. The van der Waals surface area contributed by atoms with Gasteiger partial charge in [-0.15, -0.1) is 24.8 Å². The van der Waals surface area contributed by atoms with Gasteiger partial charge in [0.2, 0.25) is 0 Å². The maximum Gasteiger partial charge on any atom is 0.458 e. The van der Waals surface area contributed by atoms with Crippen molar-refractivity contribution in [3.05, 3.63) is 65.2 Å². The molecule has 2 unspecified atom stereocenters. The fourth-order valence-electron chi connectivity index (χ4n) is 3.64. The lowest BCUT2D eigenvalue weighted by atomic mass is 9.92. The Balaban J connectivity index is 0.00000240. The number of hydrogen-bond donors (Lipinski definition) is 2. The molecule has 0 saturated carbocycles. The van der Waals surface area contributed by atoms with Gasteiger partial charge in [-0.05, 0) is 43.1 Å². The minimum atomic E-state index is -5.65. The average Bonchev–Trinajstić information content (AvgIpc) is 2.72. The first-order chi connectivity index (χ1) is 13.7. The van der Waals surface area contributed by atoms with Crippen LogP contribution in [-0.4, -0.2) is 25.9 Å². The van der Waals surface area contributed by atoms with Crippen LogP contribution in [0.25, 0.3) is 0 Å². The number of piperidine rings is 1. The van der Waals surface area contributed by atoms with Gasteiger partial charge in [-0.25, -0.2) is 0 Å². The number of methoxy groups -OCH3 is 1. The van der Waals surface area contributed by atoms with E-state index >= 15 is 0 Å². The fraction of sp³-hybridized carbons (Fsp3) is 0.429. The summed E-state index contributed by atoms with van der Waals surface area (Å²) in [7, 11) is 1.36. The van der Waals surface area contributed by atoms with Crippen LogP contribution < -0.4 is 15.4 Å². The van der Waals surface area contributed by atoms with Gasteiger partial charge in [0.15, 0.2) is 0 Å². The van der Waals surface area contributed by atoms with Crippen molar-refractivity contribution in [3.63, 3.8) is 0 Å². The number of benzene rings is 2. The van der Waals surface area contributed by atoms with Gasteiger partial charge in [0.25, 0.3) is 0 Å². The van der Waals surface area contributed by atoms with Gasteiger partial charge >= 0.3 is 12.1 Å². The SMILES string of the molecule is COc1ccc(C(F)(F)C(F)(F)F)cc1CNC1CCCNC1c1ccccc1.Cl.Cl. The van der Waals surface area contributed by atoms with Crippen molar-refractivity contribution in [1.29, 1.82) is 0 Å². The number of halogens is 7. The van der Waals surface area contributed by atoms with Crippen LogP contribution in [0.5, 0.6) is 5.75 Å². The molecule has 174 valence electrons. The van der Waals surface area contributed by atoms with E-state index in [1.54, 1.807) is 0 Å². The third kappa shape index (κ3) is 6.22. The molecule has 1 aliphatic heterocycles. The van der Waals surface area contributed by atoms with Gasteiger partial charge in [0, 0.05) is 29.8 Å². The lowest BCUT2D eigenvalue weighted by molar-refractivity contribution is -0.289. The highest BCUT2D eigenvalue weighted by Crippen LogP contribution is 2.44. The van der Waals surface area contributed by atoms with Crippen LogP contribution in [0, 0.1) is 0 Å². The van der Waals surface area contributed by atoms with Crippen LogP contribution in [-0.2, 0) is 12.5 Å². The number of alkyl halides is 5. The monoisotopic (exact) mass is 486 g/mol. The van der Waals surface area contributed by atoms with E-state index in [2.05, 4.69) is 10.6 Å². The largest absolute Gasteiger partial charge is 0.496 e. The van der Waals surface area contributed by atoms with Crippen molar-refractivity contribution in [2.75, 3.05) is 13.7 Å². The Morgan fingerprint density at radius 1 is 1.03 bits per heavy atom. The van der Waals surface area contributed by atoms with Crippen LogP contribution in [0.3, 0.4) is 0 Å². The zero-order chi connectivity index (χ0) is 21.1. The summed E-state index contributed by atoms with van der Waals surface area (Å²) >= 11 is 0. The van der Waals surface area contributed by atoms with Gasteiger partial charge in [-0.2, -0.15) is 22.0 Å². The lowest BCUT2D eigenvalue weighted by Gasteiger charge is -2.34. The van der Waals surface area contributed by atoms with Crippen LogP contribution >= 0.6 is 24.8 Å². The molecule has 3 nitrogen and oxygen atoms in total. The first kappa shape index (κ1) is 27.4. The maximum atomic E-state index is 13.8. The summed E-state index contributed by atoms with van der Waals surface area (Å²) in [6.45, 7) is 0.967. The zero-order valence-corrected chi connectivity index (χ0v) is 18.3. The van der Waals surface area contributed by atoms with E-state index in [9.17, 15) is 22.0 Å². The number of ether oxygens (including phenoxy) is 1. The van der Waals surface area contributed by atoms with Crippen LogP contribution in [0.2, 0.25) is 0 Å². The third-order valence-corrected chi connectivity index (χ3v) is 5.17. The Morgan fingerprint density at radius 3 is 2.32 bits per heavy atom. The Kier molecular flexibility index (Phi) is 10.0. The first-order valence-corrected chi connectivity index (χ1v) is 9.37. The van der Waals surface area contributed by atoms with Crippen molar-refractivity contribution >= 4 is 24.8 Å². The molecule has 31 heavy (non-hydrogen) atoms. The standard InChI is InChI=1S/C21H23F5N2O.2ClH/c1-29-18-10-9-16(20(22,23)21(24,25)26)12-15(18)13-28-17-8-5-11-27-19(17)14-6-3-2-4-7-14;;/h2-4,6-7,9-10,12,17,19,27-28H,5,8,11,13H2,1H3;2*1H. The Labute approximate surface area is 190 Å². The molecule has 0 aliphatic carbocycles. The zero-order valence-electron chi connectivity index (χ0n) is 16.7. The van der Waals surface area contributed by atoms with Gasteiger partial charge < -0.3 is 15.4 Å². The van der Waals surface area contributed by atoms with Crippen molar-refractivity contribution in [1.82, 2.24) is 10.6 Å². The predicted molar refractivity (Wildman–Crippen MR) is 114 cm³/mol. The molecule has 3 rings (SSSR count). The molecule has 2 aromatic rings. The van der Waals surface area contributed by atoms with Crippen LogP contribution in [0.1, 0.15) is 35.6 Å². The second-order valence-electron chi connectivity index (χ2n) is 7.07. The summed E-state index contributed by atoms with van der Waals surface area (Å²) in [5.74, 6) is -4.66. The highest BCUT2D eigenvalue weighted by molar-refractivity contribution is 5.85. The van der Waals surface area contributed by atoms with Gasteiger partial charge in [0.05, 0.1) is 7.11 Å². The van der Waals surface area contributed by atoms with E-state index in [4.69, 9.17) is 4.74 Å². The molecule has 0 amide bonds. The molecule has 10 heteroatoms. The highest BCUT2D eigenvalue weighted by Gasteiger charge is 2.58. The van der Waals surface area contributed by atoms with E-state index in [1.807, 2.05) is 30.3 Å². The highest BCUT2D eigenvalue weighted by atomic mass is 35.5. The molecule has 2 atom stereocenters. The summed E-state index contributed by atoms with van der Waals surface area (Å²) in [6, 6.07) is 12.6. The molecule has 2 N–H and O–H groups in total. The van der Waals surface area contributed by atoms with E-state index in [-0.39, 0.29) is 54.8 Å². The number of nitrogens with one attached hydrogen (secondary N) is 2. The normalized spacial score (nSPS) is 19.2. The van der Waals surface area contributed by atoms with Crippen molar-refractivity contribution in [3.8, 4) is 5.75 Å². The Bertz CT molecular complexity index is 821. The summed E-state index contributed by atoms with van der Waals surface area (Å²) in [4.78, 5) is 0. The van der Waals surface area contributed by atoms with Gasteiger partial charge in [-0.3, -0.25) is 0 Å². The minimum absolute atomic E-state index is 0. The van der Waals surface area contributed by atoms with Crippen LogP contribution in [0.15, 0.2) is 48.5 Å². The molecule has 1 heterocycles. The third-order valence-electron chi connectivity index (χ3n) is 5.17. The van der Waals surface area contributed by atoms with E-state index < -0.39 is 17.7 Å². The Morgan fingerprint density at radius 2 is 1.71 bits per heavy atom. The fourth-order valence-corrected chi connectivity index (χ4v) is 3.64. The summed E-state index contributed by atoms with van der Waals surface area (Å²) in [5, 5.41) is 6.75. The van der Waals surface area contributed by atoms with Crippen molar-refractivity contribution < 1.29 is 26.7 Å². The van der Waals surface area contributed by atoms with Gasteiger partial charge in [-0.1, -0.05) is 30.3 Å². The van der Waals surface area contributed by atoms with Crippen molar-refractivity contribution in [2.24, 2.45) is 0 Å². The summed E-state index contributed by atoms with van der Waals surface area (Å²) in [6.07, 6.45) is -3.87. The van der Waals surface area contributed by atoms with Gasteiger partial charge in [0.1, 0.15) is 5.75 Å². The minimum Gasteiger partial charge on any atom is -0.496 e. The summed E-state index contributed by atoms with van der Waals surface area (Å²) < 4.78 is 70.9. The van der Waals surface area contributed by atoms with E-state index in [1.165, 1.54) is 7.11 Å². The molecule has 0 radical (unpaired) electrons. The molecule has 1 fully saturated rings. The lowest BCUT2D eigenvalue weighted by Crippen LogP contribution is -2.45. The molecule has 2 aromatic carbocycles. The molecule has 0 aromatic heterocycles. The molecule has 1 aliphatic rings. The molecule has 0 spiro atoms. The predicted octanol–water partition coefficient (Wildman–Crippen LogP) is 5.78. The average molecular weight is 487 g/mol. The molecule has 1 saturated heterocycles. The quantitative estimate of drug-likeness (QED) is 0.508. The molecular weight excluding hydrogens is 462 g/mol. The smallest absolute Gasteiger partial charge is 0.458 e. The second-order valence-corrected chi connectivity index (χ2v) is 7.07. The molecular formula is C21H25Cl2F5N2O. The van der Waals surface area contributed by atoms with Crippen molar-refractivity contribution in [2.45, 2.75) is 43.6 Å². The Hall–Kier alpha value is -1.61. The maximum absolute atomic E-state index is 13.8. The summed E-state index contributed by atoms with van der Waals surface area (Å²) in [5.41, 5.74) is 0.254. The second kappa shape index (κ2) is 11.3. The molecule has 0 bridgehead atoms. The number of hydrogen-bond acceptors (Lipinski definition) is 3.